The van der Waals surface area contributed by atoms with E-state index in [1.807, 2.05) is 25.1 Å². The molecular formula is C18H19ClN2O3. The number of anilines is 1. The number of carbonyl (C=O) groups excluding carboxylic acids is 3. The van der Waals surface area contributed by atoms with Crippen LogP contribution < -0.4 is 5.32 Å². The van der Waals surface area contributed by atoms with Crippen LogP contribution in [0.1, 0.15) is 25.3 Å². The summed E-state index contributed by atoms with van der Waals surface area (Å²) in [4.78, 5) is 38.7. The summed E-state index contributed by atoms with van der Waals surface area (Å²) < 4.78 is 0. The minimum absolute atomic E-state index is 0.257. The van der Waals surface area contributed by atoms with Crippen LogP contribution in [-0.4, -0.2) is 28.7 Å². The summed E-state index contributed by atoms with van der Waals surface area (Å²) in [5.41, 5.74) is 1.45. The smallest absolute Gasteiger partial charge is 0.247 e. The Morgan fingerprint density at radius 1 is 1.21 bits per heavy atom. The number of nitrogens with zero attached hydrogens (tertiary/aromatic N) is 1. The zero-order chi connectivity index (χ0) is 17.4. The van der Waals surface area contributed by atoms with Crippen LogP contribution in [0.5, 0.6) is 0 Å². The number of aryl methyl sites for hydroxylation is 1. The van der Waals surface area contributed by atoms with Crippen molar-refractivity contribution in [1.82, 2.24) is 4.90 Å². The number of carbonyl (C=O) groups is 3. The number of hydrogen-bond acceptors (Lipinski definition) is 3. The fraction of sp³-hybridized carbons (Fsp3) is 0.389. The molecule has 1 heterocycles. The van der Waals surface area contributed by atoms with Crippen molar-refractivity contribution in [2.75, 3.05) is 5.32 Å². The molecule has 1 aromatic rings. The van der Waals surface area contributed by atoms with E-state index in [0.717, 1.165) is 10.5 Å². The zero-order valence-electron chi connectivity index (χ0n) is 13.6. The highest BCUT2D eigenvalue weighted by molar-refractivity contribution is 6.33. The third-order valence-corrected chi connectivity index (χ3v) is 5.00. The molecule has 126 valence electrons. The van der Waals surface area contributed by atoms with Crippen LogP contribution in [0, 0.1) is 18.8 Å². The normalized spacial score (nSPS) is 24.0. The first-order chi connectivity index (χ1) is 11.4. The number of nitrogens with one attached hydrogen (secondary N) is 1. The molecule has 3 atom stereocenters. The molecule has 1 fully saturated rings. The molecule has 3 rings (SSSR count). The number of allylic oxidation sites excluding steroid dienone is 2. The minimum atomic E-state index is -0.868. The molecule has 1 aliphatic carbocycles. The quantitative estimate of drug-likeness (QED) is 0.676. The van der Waals surface area contributed by atoms with Crippen molar-refractivity contribution in [3.63, 3.8) is 0 Å². The molecule has 1 N–H and O–H groups in total. The Hall–Kier alpha value is -2.14. The molecule has 1 saturated heterocycles. The largest absolute Gasteiger partial charge is 0.323 e. The van der Waals surface area contributed by atoms with E-state index in [1.54, 1.807) is 19.1 Å². The fourth-order valence-electron chi connectivity index (χ4n) is 3.28. The van der Waals surface area contributed by atoms with Crippen molar-refractivity contribution in [2.45, 2.75) is 32.7 Å². The minimum Gasteiger partial charge on any atom is -0.323 e. The first-order valence-electron chi connectivity index (χ1n) is 7.99. The maximum Gasteiger partial charge on any atom is 0.247 e. The molecule has 6 heteroatoms. The number of rotatable bonds is 3. The van der Waals surface area contributed by atoms with Gasteiger partial charge >= 0.3 is 0 Å². The second kappa shape index (κ2) is 6.40. The van der Waals surface area contributed by atoms with Gasteiger partial charge in [0, 0.05) is 0 Å². The molecule has 24 heavy (non-hydrogen) atoms. The van der Waals surface area contributed by atoms with Gasteiger partial charge in [-0.1, -0.05) is 29.8 Å². The zero-order valence-corrected chi connectivity index (χ0v) is 14.3. The summed E-state index contributed by atoms with van der Waals surface area (Å²) >= 11 is 6.12. The van der Waals surface area contributed by atoms with Gasteiger partial charge in [-0.05, 0) is 44.4 Å². The van der Waals surface area contributed by atoms with Crippen LogP contribution in [0.3, 0.4) is 0 Å². The average molecular weight is 347 g/mol. The number of imide groups is 1. The Labute approximate surface area is 145 Å². The number of halogens is 1. The van der Waals surface area contributed by atoms with Crippen LogP contribution in [0.25, 0.3) is 0 Å². The van der Waals surface area contributed by atoms with Gasteiger partial charge in [0.15, 0.2) is 0 Å². The Morgan fingerprint density at radius 2 is 1.79 bits per heavy atom. The first kappa shape index (κ1) is 16.7. The van der Waals surface area contributed by atoms with Gasteiger partial charge in [0.05, 0.1) is 22.5 Å². The number of amides is 3. The predicted molar refractivity (Wildman–Crippen MR) is 91.5 cm³/mol. The van der Waals surface area contributed by atoms with Crippen LogP contribution in [-0.2, 0) is 14.4 Å². The van der Waals surface area contributed by atoms with E-state index < -0.39 is 11.9 Å². The molecule has 5 nitrogen and oxygen atoms in total. The van der Waals surface area contributed by atoms with Crippen molar-refractivity contribution in [2.24, 2.45) is 11.8 Å². The summed E-state index contributed by atoms with van der Waals surface area (Å²) in [6, 6.07) is 4.42. The van der Waals surface area contributed by atoms with Crippen molar-refractivity contribution in [1.29, 1.82) is 0 Å². The third kappa shape index (κ3) is 2.84. The SMILES string of the molecule is Cc1ccc(NC(=O)[C@H](C)N2C(=O)[C@H]3CC=CC[C@H]3C2=O)c(Cl)c1. The molecule has 0 saturated carbocycles. The second-order valence-electron chi connectivity index (χ2n) is 6.35. The molecule has 1 aliphatic heterocycles. The van der Waals surface area contributed by atoms with Crippen LogP contribution in [0.2, 0.25) is 5.02 Å². The van der Waals surface area contributed by atoms with Crippen molar-refractivity contribution >= 4 is 35.0 Å². The van der Waals surface area contributed by atoms with Crippen LogP contribution in [0.15, 0.2) is 30.4 Å². The van der Waals surface area contributed by atoms with E-state index >= 15 is 0 Å². The van der Waals surface area contributed by atoms with Crippen LogP contribution >= 0.6 is 11.6 Å². The lowest BCUT2D eigenvalue weighted by Gasteiger charge is -2.22. The summed E-state index contributed by atoms with van der Waals surface area (Å²) in [6.07, 6.45) is 4.97. The molecule has 0 unspecified atom stereocenters. The standard InChI is InChI=1S/C18H19ClN2O3/c1-10-7-8-15(14(19)9-10)20-16(22)11(2)21-17(23)12-5-3-4-6-13(12)18(21)24/h3-4,7-9,11-13H,5-6H2,1-2H3,(H,20,22)/t11-,12-,13+/m0/s1. The van der Waals surface area contributed by atoms with E-state index in [4.69, 9.17) is 11.6 Å². The summed E-state index contributed by atoms with van der Waals surface area (Å²) in [6.45, 7) is 3.47. The Morgan fingerprint density at radius 3 is 2.33 bits per heavy atom. The highest BCUT2D eigenvalue weighted by atomic mass is 35.5. The molecule has 3 amide bonds. The number of hydrogen-bond donors (Lipinski definition) is 1. The van der Waals surface area contributed by atoms with E-state index in [9.17, 15) is 14.4 Å². The topological polar surface area (TPSA) is 66.5 Å². The first-order valence-corrected chi connectivity index (χ1v) is 8.37. The van der Waals surface area contributed by atoms with Crippen molar-refractivity contribution in [3.8, 4) is 0 Å². The molecule has 0 bridgehead atoms. The van der Waals surface area contributed by atoms with Crippen molar-refractivity contribution in [3.05, 3.63) is 40.9 Å². The Kier molecular flexibility index (Phi) is 4.45. The summed E-state index contributed by atoms with van der Waals surface area (Å²) in [5.74, 6) is -1.60. The van der Waals surface area contributed by atoms with Gasteiger partial charge in [-0.2, -0.15) is 0 Å². The van der Waals surface area contributed by atoms with Gasteiger partial charge in [-0.15, -0.1) is 0 Å². The van der Waals surface area contributed by atoms with Gasteiger partial charge in [0.25, 0.3) is 0 Å². The predicted octanol–water partition coefficient (Wildman–Crippen LogP) is 2.93. The summed E-state index contributed by atoms with van der Waals surface area (Å²) in [7, 11) is 0. The van der Waals surface area contributed by atoms with Gasteiger partial charge in [0.2, 0.25) is 17.7 Å². The Bertz CT molecular complexity index is 718. The van der Waals surface area contributed by atoms with Gasteiger partial charge in [0.1, 0.15) is 6.04 Å². The third-order valence-electron chi connectivity index (χ3n) is 4.69. The molecule has 0 spiro atoms. The highest BCUT2D eigenvalue weighted by Crippen LogP contribution is 2.36. The van der Waals surface area contributed by atoms with E-state index in [0.29, 0.717) is 23.6 Å². The molecular weight excluding hydrogens is 328 g/mol. The molecule has 2 aliphatic rings. The number of fused-ring (bicyclic) bond motifs is 1. The fourth-order valence-corrected chi connectivity index (χ4v) is 3.57. The molecule has 0 aromatic heterocycles. The lowest BCUT2D eigenvalue weighted by atomic mass is 9.85. The lowest BCUT2D eigenvalue weighted by Crippen LogP contribution is -2.46. The van der Waals surface area contributed by atoms with Gasteiger partial charge in [-0.25, -0.2) is 0 Å². The molecule has 1 aromatic carbocycles. The summed E-state index contributed by atoms with van der Waals surface area (Å²) in [5, 5.41) is 3.13. The monoisotopic (exact) mass is 346 g/mol. The molecule has 0 radical (unpaired) electrons. The second-order valence-corrected chi connectivity index (χ2v) is 6.76. The van der Waals surface area contributed by atoms with E-state index in [1.165, 1.54) is 0 Å². The number of benzene rings is 1. The highest BCUT2D eigenvalue weighted by Gasteiger charge is 2.50. The van der Waals surface area contributed by atoms with Gasteiger partial charge < -0.3 is 5.32 Å². The van der Waals surface area contributed by atoms with Crippen molar-refractivity contribution < 1.29 is 14.4 Å². The average Bonchev–Trinajstić information content (AvgIpc) is 2.81. The van der Waals surface area contributed by atoms with Gasteiger partial charge in [-0.3, -0.25) is 19.3 Å². The maximum atomic E-state index is 12.5. The van der Waals surface area contributed by atoms with E-state index in [-0.39, 0.29) is 23.7 Å². The lowest BCUT2D eigenvalue weighted by molar-refractivity contribution is -0.146. The Balaban J connectivity index is 1.76. The number of likely N-dealkylation sites (tertiary alicyclic amines) is 1. The maximum absolute atomic E-state index is 12.5. The van der Waals surface area contributed by atoms with E-state index in [2.05, 4.69) is 5.32 Å². The van der Waals surface area contributed by atoms with Crippen LogP contribution in [0.4, 0.5) is 5.69 Å².